The van der Waals surface area contributed by atoms with Gasteiger partial charge in [-0.25, -0.2) is 4.98 Å². The number of hydrogen-bond acceptors (Lipinski definition) is 4. The molecule has 5 nitrogen and oxygen atoms in total. The minimum absolute atomic E-state index is 0.115. The Balaban J connectivity index is 1.93. The third kappa shape index (κ3) is 4.94. The lowest BCUT2D eigenvalue weighted by atomic mass is 10.2. The fourth-order valence-corrected chi connectivity index (χ4v) is 2.15. The van der Waals surface area contributed by atoms with Gasteiger partial charge in [-0.2, -0.15) is 0 Å². The van der Waals surface area contributed by atoms with Gasteiger partial charge in [0.05, 0.1) is 18.2 Å². The van der Waals surface area contributed by atoms with Crippen LogP contribution in [0.5, 0.6) is 5.75 Å². The molecule has 23 heavy (non-hydrogen) atoms. The van der Waals surface area contributed by atoms with Gasteiger partial charge in [0.15, 0.2) is 0 Å². The zero-order chi connectivity index (χ0) is 16.8. The van der Waals surface area contributed by atoms with E-state index in [-0.39, 0.29) is 11.9 Å². The minimum Gasteiger partial charge on any atom is -0.497 e. The molecule has 0 saturated carbocycles. The van der Waals surface area contributed by atoms with Gasteiger partial charge in [-0.15, -0.1) is 0 Å². The predicted molar refractivity (Wildman–Crippen MR) is 91.8 cm³/mol. The number of carbonyl (C=O) groups excluding carboxylic acids is 1. The number of ether oxygens (including phenoxy) is 1. The number of methoxy groups -OCH3 is 1. The second-order valence-electron chi connectivity index (χ2n) is 5.29. The Morgan fingerprint density at radius 2 is 2.00 bits per heavy atom. The van der Waals surface area contributed by atoms with Crippen molar-refractivity contribution < 1.29 is 9.53 Å². The monoisotopic (exact) mass is 333 g/mol. The van der Waals surface area contributed by atoms with E-state index in [0.29, 0.717) is 17.4 Å². The highest BCUT2D eigenvalue weighted by Gasteiger charge is 2.18. The summed E-state index contributed by atoms with van der Waals surface area (Å²) in [5.41, 5.74) is 1.11. The van der Waals surface area contributed by atoms with Crippen molar-refractivity contribution in [3.63, 3.8) is 0 Å². The molecule has 1 heterocycles. The summed E-state index contributed by atoms with van der Waals surface area (Å²) >= 11 is 5.78. The molecular formula is C17H20ClN3O2. The van der Waals surface area contributed by atoms with Gasteiger partial charge in [0.2, 0.25) is 5.91 Å². The van der Waals surface area contributed by atoms with Gasteiger partial charge in [0.25, 0.3) is 0 Å². The number of likely N-dealkylation sites (N-methyl/N-ethyl adjacent to an activating group) is 1. The van der Waals surface area contributed by atoms with Crippen molar-refractivity contribution in [1.82, 2.24) is 9.88 Å². The molecule has 6 heteroatoms. The van der Waals surface area contributed by atoms with Gasteiger partial charge in [0, 0.05) is 12.7 Å². The van der Waals surface area contributed by atoms with E-state index in [0.717, 1.165) is 11.3 Å². The third-order valence-corrected chi connectivity index (χ3v) is 3.83. The normalized spacial score (nSPS) is 12.0. The van der Waals surface area contributed by atoms with Crippen LogP contribution in [0.1, 0.15) is 12.5 Å². The van der Waals surface area contributed by atoms with E-state index in [2.05, 4.69) is 10.3 Å². The highest BCUT2D eigenvalue weighted by molar-refractivity contribution is 6.30. The number of rotatable bonds is 6. The highest BCUT2D eigenvalue weighted by Crippen LogP contribution is 2.14. The molecule has 0 aliphatic heterocycles. The topological polar surface area (TPSA) is 54.5 Å². The van der Waals surface area contributed by atoms with Crippen molar-refractivity contribution in [3.8, 4) is 5.75 Å². The first-order valence-corrected chi connectivity index (χ1v) is 7.63. The Hall–Kier alpha value is -2.11. The van der Waals surface area contributed by atoms with E-state index in [4.69, 9.17) is 16.3 Å². The van der Waals surface area contributed by atoms with Gasteiger partial charge in [-0.1, -0.05) is 23.7 Å². The van der Waals surface area contributed by atoms with E-state index in [1.165, 1.54) is 6.20 Å². The van der Waals surface area contributed by atoms with Crippen LogP contribution in [0, 0.1) is 0 Å². The van der Waals surface area contributed by atoms with E-state index < -0.39 is 0 Å². The molecule has 1 unspecified atom stereocenters. The lowest BCUT2D eigenvalue weighted by Crippen LogP contribution is -2.39. The van der Waals surface area contributed by atoms with E-state index >= 15 is 0 Å². The number of carbonyl (C=O) groups is 1. The van der Waals surface area contributed by atoms with Gasteiger partial charge >= 0.3 is 0 Å². The average molecular weight is 334 g/mol. The number of nitrogens with one attached hydrogen (secondary N) is 1. The van der Waals surface area contributed by atoms with Crippen LogP contribution in [-0.4, -0.2) is 36.0 Å². The third-order valence-electron chi connectivity index (χ3n) is 3.61. The maximum absolute atomic E-state index is 12.3. The Morgan fingerprint density at radius 3 is 2.57 bits per heavy atom. The quantitative estimate of drug-likeness (QED) is 0.882. The summed E-state index contributed by atoms with van der Waals surface area (Å²) in [7, 11) is 3.54. The smallest absolute Gasteiger partial charge is 0.242 e. The second-order valence-corrected chi connectivity index (χ2v) is 5.73. The largest absolute Gasteiger partial charge is 0.497 e. The molecule has 1 aromatic heterocycles. The molecule has 2 aromatic rings. The molecule has 0 bridgehead atoms. The molecule has 1 N–H and O–H groups in total. The molecule has 0 fully saturated rings. The average Bonchev–Trinajstić information content (AvgIpc) is 2.56. The molecule has 0 spiro atoms. The highest BCUT2D eigenvalue weighted by atomic mass is 35.5. The van der Waals surface area contributed by atoms with Crippen LogP contribution in [0.3, 0.4) is 0 Å². The Morgan fingerprint density at radius 1 is 1.30 bits per heavy atom. The van der Waals surface area contributed by atoms with Crippen LogP contribution in [0.15, 0.2) is 42.6 Å². The first-order chi connectivity index (χ1) is 11.0. The van der Waals surface area contributed by atoms with Crippen LogP contribution >= 0.6 is 11.6 Å². The minimum atomic E-state index is -0.297. The Kier molecular flexibility index (Phi) is 5.96. The fourth-order valence-electron chi connectivity index (χ4n) is 2.04. The number of pyridine rings is 1. The molecule has 1 aromatic carbocycles. The summed E-state index contributed by atoms with van der Waals surface area (Å²) in [5.74, 6) is 1.19. The van der Waals surface area contributed by atoms with Crippen molar-refractivity contribution in [3.05, 3.63) is 53.2 Å². The summed E-state index contributed by atoms with van der Waals surface area (Å²) in [5, 5.41) is 3.32. The van der Waals surface area contributed by atoms with Gasteiger partial charge < -0.3 is 10.1 Å². The standard InChI is InChI=1S/C17H20ClN3O2/c1-12(17(22)20-16-9-6-14(18)10-19-16)21(2)11-13-4-7-15(23-3)8-5-13/h4-10,12H,11H2,1-3H3,(H,19,20,22). The van der Waals surface area contributed by atoms with Gasteiger partial charge in [-0.05, 0) is 43.8 Å². The summed E-state index contributed by atoms with van der Waals surface area (Å²) in [6.45, 7) is 2.52. The van der Waals surface area contributed by atoms with E-state index in [9.17, 15) is 4.79 Å². The first-order valence-electron chi connectivity index (χ1n) is 7.25. The van der Waals surface area contributed by atoms with E-state index in [1.807, 2.05) is 43.1 Å². The Bertz CT molecular complexity index is 644. The van der Waals surface area contributed by atoms with Crippen molar-refractivity contribution in [2.75, 3.05) is 19.5 Å². The zero-order valence-electron chi connectivity index (χ0n) is 13.4. The van der Waals surface area contributed by atoms with Crippen LogP contribution < -0.4 is 10.1 Å². The number of nitrogens with zero attached hydrogens (tertiary/aromatic N) is 2. The van der Waals surface area contributed by atoms with Gasteiger partial charge in [-0.3, -0.25) is 9.69 Å². The summed E-state index contributed by atoms with van der Waals surface area (Å²) in [4.78, 5) is 18.3. The molecule has 122 valence electrons. The zero-order valence-corrected chi connectivity index (χ0v) is 14.2. The SMILES string of the molecule is COc1ccc(CN(C)C(C)C(=O)Nc2ccc(Cl)cn2)cc1. The molecule has 2 rings (SSSR count). The van der Waals surface area contributed by atoms with Crippen LogP contribution in [-0.2, 0) is 11.3 Å². The van der Waals surface area contributed by atoms with E-state index in [1.54, 1.807) is 19.2 Å². The lowest BCUT2D eigenvalue weighted by Gasteiger charge is -2.23. The number of aromatic nitrogens is 1. The fraction of sp³-hybridized carbons (Fsp3) is 0.294. The summed E-state index contributed by atoms with van der Waals surface area (Å²) in [6, 6.07) is 10.9. The summed E-state index contributed by atoms with van der Waals surface area (Å²) < 4.78 is 5.14. The molecule has 0 aliphatic rings. The van der Waals surface area contributed by atoms with Gasteiger partial charge in [0.1, 0.15) is 11.6 Å². The summed E-state index contributed by atoms with van der Waals surface area (Å²) in [6.07, 6.45) is 1.50. The number of halogens is 1. The molecule has 0 aliphatic carbocycles. The molecular weight excluding hydrogens is 314 g/mol. The second kappa shape index (κ2) is 7.94. The predicted octanol–water partition coefficient (Wildman–Crippen LogP) is 3.20. The van der Waals surface area contributed by atoms with Crippen LogP contribution in [0.25, 0.3) is 0 Å². The number of anilines is 1. The molecule has 1 amide bonds. The maximum atomic E-state index is 12.3. The molecule has 0 radical (unpaired) electrons. The molecule has 1 atom stereocenters. The maximum Gasteiger partial charge on any atom is 0.242 e. The number of hydrogen-bond donors (Lipinski definition) is 1. The lowest BCUT2D eigenvalue weighted by molar-refractivity contribution is -0.120. The number of benzene rings is 1. The molecule has 0 saturated heterocycles. The van der Waals surface area contributed by atoms with Crippen molar-refractivity contribution >= 4 is 23.3 Å². The Labute approximate surface area is 141 Å². The first kappa shape index (κ1) is 17.2. The van der Waals surface area contributed by atoms with Crippen molar-refractivity contribution in [2.24, 2.45) is 0 Å². The van der Waals surface area contributed by atoms with Crippen LogP contribution in [0.2, 0.25) is 5.02 Å². The van der Waals surface area contributed by atoms with Crippen molar-refractivity contribution in [2.45, 2.75) is 19.5 Å². The van der Waals surface area contributed by atoms with Crippen molar-refractivity contribution in [1.29, 1.82) is 0 Å². The van der Waals surface area contributed by atoms with Crippen LogP contribution in [0.4, 0.5) is 5.82 Å². The number of amides is 1.